The van der Waals surface area contributed by atoms with Crippen LogP contribution >= 0.6 is 30.3 Å². The standard InChI is InChI=1S/C23H30N3O9PS2/c1-6-33-36(32,34-7-2)20-14(8-10-38-20)12-26-18(27)17-16(9-11-37-17)25(22(26)31)13-15(19(28)29)24-21(30)35-23(3,4)5/h8-11,15H,6-7,12-13H2,1-5H3,(H,24,30)(H,28,29)/t15-/m0/s1. The van der Waals surface area contributed by atoms with Crippen molar-refractivity contribution < 1.29 is 33.0 Å². The van der Waals surface area contributed by atoms with Crippen LogP contribution in [-0.2, 0) is 36.2 Å². The summed E-state index contributed by atoms with van der Waals surface area (Å²) in [5.41, 5.74) is -1.60. The number of amides is 1. The summed E-state index contributed by atoms with van der Waals surface area (Å²) < 4.78 is 32.0. The van der Waals surface area contributed by atoms with Crippen molar-refractivity contribution in [1.82, 2.24) is 14.5 Å². The van der Waals surface area contributed by atoms with Gasteiger partial charge in [-0.1, -0.05) is 0 Å². The predicted molar refractivity (Wildman–Crippen MR) is 145 cm³/mol. The Kier molecular flexibility index (Phi) is 9.37. The normalized spacial score (nSPS) is 13.0. The van der Waals surface area contributed by atoms with Crippen LogP contribution in [0, 0.1) is 0 Å². The summed E-state index contributed by atoms with van der Waals surface area (Å²) in [5.74, 6) is -1.39. The van der Waals surface area contributed by atoms with E-state index in [2.05, 4.69) is 5.32 Å². The zero-order valence-electron chi connectivity index (χ0n) is 21.6. The van der Waals surface area contributed by atoms with E-state index in [0.717, 1.165) is 31.8 Å². The SMILES string of the molecule is CCOP(=O)(OCC)c1sccc1Cn1c(=O)c2sccc2n(C[C@H](NC(=O)OC(C)(C)C)C(=O)O)c1=O. The molecular weight excluding hydrogens is 557 g/mol. The maximum atomic E-state index is 13.6. The third-order valence-electron chi connectivity index (χ3n) is 5.09. The van der Waals surface area contributed by atoms with Crippen LogP contribution in [0.5, 0.6) is 0 Å². The second-order valence-electron chi connectivity index (χ2n) is 9.04. The van der Waals surface area contributed by atoms with Crippen LogP contribution in [0.3, 0.4) is 0 Å². The number of nitrogens with zero attached hydrogens (tertiary/aromatic N) is 2. The molecule has 208 valence electrons. The van der Waals surface area contributed by atoms with Crippen molar-refractivity contribution in [2.45, 2.75) is 59.4 Å². The molecule has 38 heavy (non-hydrogen) atoms. The van der Waals surface area contributed by atoms with Crippen molar-refractivity contribution in [2.75, 3.05) is 13.2 Å². The van der Waals surface area contributed by atoms with Gasteiger partial charge < -0.3 is 24.2 Å². The number of alkyl carbamates (subject to hydrolysis) is 1. The van der Waals surface area contributed by atoms with E-state index in [1.54, 1.807) is 51.4 Å². The lowest BCUT2D eigenvalue weighted by atomic mass is 10.2. The Bertz CT molecular complexity index is 1470. The van der Waals surface area contributed by atoms with E-state index in [1.165, 1.54) is 6.07 Å². The largest absolute Gasteiger partial charge is 0.480 e. The van der Waals surface area contributed by atoms with Crippen molar-refractivity contribution in [3.8, 4) is 0 Å². The van der Waals surface area contributed by atoms with Gasteiger partial charge >= 0.3 is 25.3 Å². The number of aromatic nitrogens is 2. The highest BCUT2D eigenvalue weighted by Gasteiger charge is 2.32. The third kappa shape index (κ3) is 6.62. The van der Waals surface area contributed by atoms with E-state index in [1.807, 2.05) is 0 Å². The van der Waals surface area contributed by atoms with E-state index < -0.39 is 49.1 Å². The van der Waals surface area contributed by atoms with Gasteiger partial charge in [-0.3, -0.25) is 18.5 Å². The number of aliphatic carboxylic acids is 1. The van der Waals surface area contributed by atoms with E-state index >= 15 is 0 Å². The topological polar surface area (TPSA) is 155 Å². The average Bonchev–Trinajstić information content (AvgIpc) is 3.48. The number of carboxylic acids is 1. The molecule has 0 aromatic carbocycles. The van der Waals surface area contributed by atoms with Crippen LogP contribution in [0.15, 0.2) is 32.5 Å². The van der Waals surface area contributed by atoms with Gasteiger partial charge in [0.15, 0.2) is 0 Å². The lowest BCUT2D eigenvalue weighted by molar-refractivity contribution is -0.139. The Morgan fingerprint density at radius 3 is 2.29 bits per heavy atom. The molecule has 0 radical (unpaired) electrons. The molecule has 1 atom stereocenters. The number of ether oxygens (including phenoxy) is 1. The van der Waals surface area contributed by atoms with Crippen molar-refractivity contribution >= 4 is 57.2 Å². The minimum Gasteiger partial charge on any atom is -0.480 e. The lowest BCUT2D eigenvalue weighted by Gasteiger charge is -2.22. The maximum Gasteiger partial charge on any atom is 0.408 e. The van der Waals surface area contributed by atoms with Crippen LogP contribution in [-0.4, -0.2) is 51.2 Å². The van der Waals surface area contributed by atoms with E-state index in [-0.39, 0.29) is 34.6 Å². The summed E-state index contributed by atoms with van der Waals surface area (Å²) in [6, 6.07) is 1.64. The summed E-state index contributed by atoms with van der Waals surface area (Å²) in [5, 5.41) is 15.3. The fourth-order valence-electron chi connectivity index (χ4n) is 3.62. The van der Waals surface area contributed by atoms with Gasteiger partial charge in [-0.2, -0.15) is 0 Å². The highest BCUT2D eigenvalue weighted by Crippen LogP contribution is 2.49. The zero-order valence-corrected chi connectivity index (χ0v) is 24.1. The molecule has 1 amide bonds. The summed E-state index contributed by atoms with van der Waals surface area (Å²) in [6.45, 7) is 7.80. The van der Waals surface area contributed by atoms with Gasteiger partial charge in [-0.15, -0.1) is 22.7 Å². The monoisotopic (exact) mass is 587 g/mol. The second-order valence-corrected chi connectivity index (χ2v) is 13.1. The highest BCUT2D eigenvalue weighted by atomic mass is 32.1. The summed E-state index contributed by atoms with van der Waals surface area (Å²) >= 11 is 2.22. The van der Waals surface area contributed by atoms with Crippen LogP contribution in [0.25, 0.3) is 10.2 Å². The quantitative estimate of drug-likeness (QED) is 0.322. The van der Waals surface area contributed by atoms with Gasteiger partial charge in [-0.05, 0) is 63.1 Å². The molecule has 0 spiro atoms. The Labute approximate surface area is 226 Å². The van der Waals surface area contributed by atoms with E-state index in [0.29, 0.717) is 5.56 Å². The Morgan fingerprint density at radius 1 is 1.08 bits per heavy atom. The number of nitrogens with one attached hydrogen (secondary N) is 1. The van der Waals surface area contributed by atoms with Crippen LogP contribution in [0.2, 0.25) is 0 Å². The molecule has 15 heteroatoms. The summed E-state index contributed by atoms with van der Waals surface area (Å²) in [7, 11) is -3.69. The van der Waals surface area contributed by atoms with Crippen molar-refractivity contribution in [3.05, 3.63) is 49.3 Å². The molecule has 3 aromatic heterocycles. The first kappa shape index (κ1) is 29.8. The third-order valence-corrected chi connectivity index (χ3v) is 9.71. The molecule has 0 aliphatic heterocycles. The van der Waals surface area contributed by atoms with Crippen LogP contribution < -0.4 is 21.2 Å². The van der Waals surface area contributed by atoms with Crippen molar-refractivity contribution in [3.63, 3.8) is 0 Å². The molecule has 0 aliphatic rings. The lowest BCUT2D eigenvalue weighted by Crippen LogP contribution is -2.49. The predicted octanol–water partition coefficient (Wildman–Crippen LogP) is 3.20. The van der Waals surface area contributed by atoms with Gasteiger partial charge in [0.1, 0.15) is 21.0 Å². The first-order valence-corrected chi connectivity index (χ1v) is 15.0. The number of carboxylic acid groups (broad SMARTS) is 1. The Balaban J connectivity index is 2.06. The van der Waals surface area contributed by atoms with Gasteiger partial charge in [0, 0.05) is 0 Å². The molecule has 3 aromatic rings. The molecule has 0 saturated heterocycles. The second kappa shape index (κ2) is 12.0. The molecule has 2 N–H and O–H groups in total. The van der Waals surface area contributed by atoms with Gasteiger partial charge in [-0.25, -0.2) is 14.4 Å². The summed E-state index contributed by atoms with van der Waals surface area (Å²) in [4.78, 5) is 51.1. The Morgan fingerprint density at radius 2 is 1.71 bits per heavy atom. The first-order chi connectivity index (χ1) is 17.8. The fourth-order valence-corrected chi connectivity index (χ4v) is 7.61. The maximum absolute atomic E-state index is 13.6. The Hall–Kier alpha value is -2.77. The highest BCUT2D eigenvalue weighted by molar-refractivity contribution is 7.68. The molecule has 0 bridgehead atoms. The van der Waals surface area contributed by atoms with Crippen LogP contribution in [0.4, 0.5) is 4.79 Å². The molecule has 12 nitrogen and oxygen atoms in total. The van der Waals surface area contributed by atoms with Crippen molar-refractivity contribution in [2.24, 2.45) is 0 Å². The van der Waals surface area contributed by atoms with Gasteiger partial charge in [0.05, 0.1) is 31.8 Å². The van der Waals surface area contributed by atoms with Gasteiger partial charge in [0.25, 0.3) is 5.56 Å². The van der Waals surface area contributed by atoms with E-state index in [9.17, 15) is 28.8 Å². The van der Waals surface area contributed by atoms with E-state index in [4.69, 9.17) is 13.8 Å². The number of thiophene rings is 2. The minimum atomic E-state index is -3.69. The molecule has 3 heterocycles. The van der Waals surface area contributed by atoms with Crippen LogP contribution in [0.1, 0.15) is 40.2 Å². The number of hydrogen-bond acceptors (Lipinski definition) is 10. The fraction of sp³-hybridized carbons (Fsp3) is 0.478. The van der Waals surface area contributed by atoms with Crippen molar-refractivity contribution in [1.29, 1.82) is 0 Å². The number of fused-ring (bicyclic) bond motifs is 1. The minimum absolute atomic E-state index is 0.129. The average molecular weight is 588 g/mol. The number of carbonyl (C=O) groups is 2. The molecule has 3 rings (SSSR count). The zero-order chi connectivity index (χ0) is 28.3. The number of carbonyl (C=O) groups excluding carboxylic acids is 1. The molecular formula is C23H30N3O9PS2. The smallest absolute Gasteiger partial charge is 0.408 e. The van der Waals surface area contributed by atoms with Gasteiger partial charge in [0.2, 0.25) is 0 Å². The molecule has 0 unspecified atom stereocenters. The first-order valence-electron chi connectivity index (χ1n) is 11.7. The molecule has 0 aliphatic carbocycles. The number of rotatable bonds is 11. The molecule has 0 fully saturated rings. The number of hydrogen-bond donors (Lipinski definition) is 2. The summed E-state index contributed by atoms with van der Waals surface area (Å²) in [6.07, 6.45) is -0.960. The molecule has 0 saturated carbocycles.